The van der Waals surface area contributed by atoms with Gasteiger partial charge in [0.05, 0.1) is 29.2 Å². The Labute approximate surface area is 113 Å². The lowest BCUT2D eigenvalue weighted by molar-refractivity contribution is -0.0170. The van der Waals surface area contributed by atoms with Crippen LogP contribution >= 0.6 is 0 Å². The molecule has 19 heavy (non-hydrogen) atoms. The van der Waals surface area contributed by atoms with Gasteiger partial charge in [-0.2, -0.15) is 9.57 Å². The maximum Gasteiger partial charge on any atom is 0.243 e. The van der Waals surface area contributed by atoms with E-state index in [1.54, 1.807) is 12.1 Å². The quantitative estimate of drug-likeness (QED) is 0.820. The first kappa shape index (κ1) is 14.0. The van der Waals surface area contributed by atoms with Crippen LogP contribution in [0.3, 0.4) is 0 Å². The molecule has 1 fully saturated rings. The van der Waals surface area contributed by atoms with Crippen molar-refractivity contribution in [3.8, 4) is 6.07 Å². The molecule has 0 radical (unpaired) electrons. The molecule has 0 N–H and O–H groups in total. The SMILES string of the molecule is C[C@H]1CN(S(=O)(=O)c2cccc(C#N)c2)[C@@H](C)CO1. The zero-order chi connectivity index (χ0) is 14.0. The van der Waals surface area contributed by atoms with E-state index in [0.717, 1.165) is 0 Å². The Morgan fingerprint density at radius 1 is 1.42 bits per heavy atom. The third-order valence-electron chi connectivity index (χ3n) is 3.12. The minimum Gasteiger partial charge on any atom is -0.375 e. The van der Waals surface area contributed by atoms with E-state index in [1.807, 2.05) is 19.9 Å². The maximum atomic E-state index is 12.6. The lowest BCUT2D eigenvalue weighted by Crippen LogP contribution is -2.50. The van der Waals surface area contributed by atoms with E-state index < -0.39 is 10.0 Å². The highest BCUT2D eigenvalue weighted by Crippen LogP contribution is 2.22. The molecule has 0 amide bonds. The van der Waals surface area contributed by atoms with Crippen LogP contribution in [-0.4, -0.2) is 38.0 Å². The molecule has 1 aliphatic heterocycles. The van der Waals surface area contributed by atoms with Gasteiger partial charge >= 0.3 is 0 Å². The summed E-state index contributed by atoms with van der Waals surface area (Å²) in [7, 11) is -3.57. The van der Waals surface area contributed by atoms with Crippen molar-refractivity contribution in [1.29, 1.82) is 5.26 Å². The first-order valence-corrected chi connectivity index (χ1v) is 7.53. The normalized spacial score (nSPS) is 24.9. The second kappa shape index (κ2) is 5.29. The van der Waals surface area contributed by atoms with Crippen LogP contribution in [0.1, 0.15) is 19.4 Å². The van der Waals surface area contributed by atoms with Gasteiger partial charge in [0.2, 0.25) is 10.0 Å². The van der Waals surface area contributed by atoms with Gasteiger partial charge in [0.25, 0.3) is 0 Å². The summed E-state index contributed by atoms with van der Waals surface area (Å²) in [6, 6.07) is 7.85. The van der Waals surface area contributed by atoms with Gasteiger partial charge in [-0.05, 0) is 32.0 Å². The number of morpholine rings is 1. The largest absolute Gasteiger partial charge is 0.375 e. The van der Waals surface area contributed by atoms with E-state index >= 15 is 0 Å². The first-order valence-electron chi connectivity index (χ1n) is 6.09. The second-order valence-electron chi connectivity index (χ2n) is 4.71. The van der Waals surface area contributed by atoms with Gasteiger partial charge in [-0.15, -0.1) is 0 Å². The summed E-state index contributed by atoms with van der Waals surface area (Å²) < 4.78 is 32.0. The van der Waals surface area contributed by atoms with Gasteiger partial charge in [0, 0.05) is 12.6 Å². The fourth-order valence-electron chi connectivity index (χ4n) is 2.07. The Balaban J connectivity index is 2.38. The molecular formula is C13H16N2O3S. The smallest absolute Gasteiger partial charge is 0.243 e. The van der Waals surface area contributed by atoms with Crippen LogP contribution in [0.2, 0.25) is 0 Å². The molecule has 0 unspecified atom stereocenters. The Hall–Kier alpha value is -1.42. The Morgan fingerprint density at radius 2 is 2.16 bits per heavy atom. The molecule has 102 valence electrons. The standard InChI is InChI=1S/C13H16N2O3S/c1-10-9-18-11(2)8-15(10)19(16,17)13-5-3-4-12(6-13)7-14/h3-6,10-11H,8-9H2,1-2H3/t10-,11-/m0/s1. The lowest BCUT2D eigenvalue weighted by Gasteiger charge is -2.35. The van der Waals surface area contributed by atoms with Gasteiger partial charge in [-0.3, -0.25) is 0 Å². The second-order valence-corrected chi connectivity index (χ2v) is 6.60. The molecule has 6 heteroatoms. The number of ether oxygens (including phenoxy) is 1. The molecular weight excluding hydrogens is 264 g/mol. The summed E-state index contributed by atoms with van der Waals surface area (Å²) in [5, 5.41) is 8.85. The van der Waals surface area contributed by atoms with Crippen molar-refractivity contribution in [3.63, 3.8) is 0 Å². The molecule has 0 spiro atoms. The fraction of sp³-hybridized carbons (Fsp3) is 0.462. The molecule has 1 aliphatic rings. The highest BCUT2D eigenvalue weighted by Gasteiger charge is 2.34. The van der Waals surface area contributed by atoms with E-state index in [0.29, 0.717) is 18.7 Å². The topological polar surface area (TPSA) is 70.4 Å². The maximum absolute atomic E-state index is 12.6. The number of hydrogen-bond acceptors (Lipinski definition) is 4. The summed E-state index contributed by atoms with van der Waals surface area (Å²) in [5.74, 6) is 0. The third kappa shape index (κ3) is 2.78. The number of nitrogens with zero attached hydrogens (tertiary/aromatic N) is 2. The van der Waals surface area contributed by atoms with Gasteiger partial charge in [0.1, 0.15) is 0 Å². The van der Waals surface area contributed by atoms with Crippen LogP contribution in [0.15, 0.2) is 29.2 Å². The summed E-state index contributed by atoms with van der Waals surface area (Å²) >= 11 is 0. The number of benzene rings is 1. The highest BCUT2D eigenvalue weighted by atomic mass is 32.2. The number of hydrogen-bond donors (Lipinski definition) is 0. The van der Waals surface area contributed by atoms with Crippen LogP contribution in [-0.2, 0) is 14.8 Å². The average Bonchev–Trinajstić information content (AvgIpc) is 2.41. The van der Waals surface area contributed by atoms with Crippen LogP contribution in [0.4, 0.5) is 0 Å². The summed E-state index contributed by atoms with van der Waals surface area (Å²) in [5.41, 5.74) is 0.343. The van der Waals surface area contributed by atoms with Gasteiger partial charge in [-0.1, -0.05) is 6.07 Å². The van der Waals surface area contributed by atoms with Crippen LogP contribution in [0.25, 0.3) is 0 Å². The molecule has 0 saturated carbocycles. The van der Waals surface area contributed by atoms with Crippen molar-refractivity contribution in [2.75, 3.05) is 13.2 Å². The molecule has 1 aromatic carbocycles. The molecule has 1 heterocycles. The molecule has 0 aliphatic carbocycles. The minimum atomic E-state index is -3.57. The van der Waals surface area contributed by atoms with E-state index in [-0.39, 0.29) is 17.0 Å². The predicted molar refractivity (Wildman–Crippen MR) is 69.9 cm³/mol. The van der Waals surface area contributed by atoms with Gasteiger partial charge in [-0.25, -0.2) is 8.42 Å². The lowest BCUT2D eigenvalue weighted by atomic mass is 10.2. The fourth-order valence-corrected chi connectivity index (χ4v) is 3.81. The monoisotopic (exact) mass is 280 g/mol. The molecule has 1 aromatic rings. The Bertz CT molecular complexity index is 607. The van der Waals surface area contributed by atoms with Crippen molar-refractivity contribution in [2.45, 2.75) is 30.9 Å². The third-order valence-corrected chi connectivity index (χ3v) is 5.10. The summed E-state index contributed by atoms with van der Waals surface area (Å²) in [6.07, 6.45) is -0.120. The number of sulfonamides is 1. The Morgan fingerprint density at radius 3 is 2.84 bits per heavy atom. The van der Waals surface area contributed by atoms with Gasteiger partial charge in [0.15, 0.2) is 0 Å². The molecule has 5 nitrogen and oxygen atoms in total. The zero-order valence-corrected chi connectivity index (χ0v) is 11.7. The molecule has 2 atom stereocenters. The van der Waals surface area contributed by atoms with Gasteiger partial charge < -0.3 is 4.74 Å². The van der Waals surface area contributed by atoms with E-state index in [1.165, 1.54) is 16.4 Å². The van der Waals surface area contributed by atoms with Crippen LogP contribution in [0, 0.1) is 11.3 Å². The van der Waals surface area contributed by atoms with E-state index in [9.17, 15) is 8.42 Å². The first-order chi connectivity index (χ1) is 8.95. The van der Waals surface area contributed by atoms with Crippen LogP contribution in [0.5, 0.6) is 0 Å². The molecule has 0 bridgehead atoms. The summed E-state index contributed by atoms with van der Waals surface area (Å²) in [6.45, 7) is 4.39. The van der Waals surface area contributed by atoms with Crippen LogP contribution < -0.4 is 0 Å². The predicted octanol–water partition coefficient (Wildman–Crippen LogP) is 1.36. The highest BCUT2D eigenvalue weighted by molar-refractivity contribution is 7.89. The van der Waals surface area contributed by atoms with E-state index in [2.05, 4.69) is 0 Å². The average molecular weight is 280 g/mol. The number of nitriles is 1. The number of rotatable bonds is 2. The van der Waals surface area contributed by atoms with E-state index in [4.69, 9.17) is 10.00 Å². The molecule has 2 rings (SSSR count). The van der Waals surface area contributed by atoms with Crippen molar-refractivity contribution >= 4 is 10.0 Å². The summed E-state index contributed by atoms with van der Waals surface area (Å²) in [4.78, 5) is 0.160. The molecule has 0 aromatic heterocycles. The minimum absolute atomic E-state index is 0.120. The van der Waals surface area contributed by atoms with Crippen molar-refractivity contribution in [2.24, 2.45) is 0 Å². The Kier molecular flexibility index (Phi) is 3.90. The van der Waals surface area contributed by atoms with Crippen molar-refractivity contribution in [3.05, 3.63) is 29.8 Å². The molecule has 1 saturated heterocycles. The van der Waals surface area contributed by atoms with Crippen molar-refractivity contribution in [1.82, 2.24) is 4.31 Å². The zero-order valence-electron chi connectivity index (χ0n) is 10.9. The van der Waals surface area contributed by atoms with Crippen molar-refractivity contribution < 1.29 is 13.2 Å².